The Labute approximate surface area is 156 Å². The van der Waals surface area contributed by atoms with Gasteiger partial charge in [0, 0.05) is 11.7 Å². The third kappa shape index (κ3) is 3.75. The van der Waals surface area contributed by atoms with E-state index < -0.39 is 11.9 Å². The Morgan fingerprint density at radius 1 is 1.12 bits per heavy atom. The van der Waals surface area contributed by atoms with Crippen molar-refractivity contribution in [1.29, 1.82) is 0 Å². The number of para-hydroxylation sites is 1. The molecule has 0 saturated carbocycles. The quantitative estimate of drug-likeness (QED) is 0.880. The van der Waals surface area contributed by atoms with Crippen LogP contribution in [0.1, 0.15) is 24.8 Å². The van der Waals surface area contributed by atoms with Gasteiger partial charge in [0.2, 0.25) is 11.8 Å². The Morgan fingerprint density at radius 3 is 2.42 bits per heavy atom. The zero-order valence-corrected chi connectivity index (χ0v) is 15.5. The molecule has 136 valence electrons. The standard InChI is InChI=1S/C20H21FN2O2S/c1-13(2)19(25)23-17(12-26-20(23)14-8-4-3-5-9-14)18(24)22-16-11-7-6-10-15(16)21/h3-11,13,17,20H,12H2,1-2H3,(H,22,24). The van der Waals surface area contributed by atoms with E-state index in [1.54, 1.807) is 28.8 Å². The number of benzene rings is 2. The Morgan fingerprint density at radius 2 is 1.77 bits per heavy atom. The predicted molar refractivity (Wildman–Crippen MR) is 102 cm³/mol. The summed E-state index contributed by atoms with van der Waals surface area (Å²) in [5.41, 5.74) is 1.11. The second-order valence-corrected chi connectivity index (χ2v) is 7.59. The lowest BCUT2D eigenvalue weighted by atomic mass is 10.1. The molecule has 1 aliphatic heterocycles. The van der Waals surface area contributed by atoms with Gasteiger partial charge in [-0.25, -0.2) is 4.39 Å². The Bertz CT molecular complexity index is 797. The second kappa shape index (κ2) is 7.91. The summed E-state index contributed by atoms with van der Waals surface area (Å²) in [5, 5.41) is 2.41. The summed E-state index contributed by atoms with van der Waals surface area (Å²) in [6.07, 6.45) is 0. The van der Waals surface area contributed by atoms with Crippen LogP contribution in [0, 0.1) is 11.7 Å². The number of anilines is 1. The Hall–Kier alpha value is -2.34. The fourth-order valence-corrected chi connectivity index (χ4v) is 4.37. The number of rotatable bonds is 4. The smallest absolute Gasteiger partial charge is 0.248 e. The van der Waals surface area contributed by atoms with Gasteiger partial charge in [-0.3, -0.25) is 9.59 Å². The summed E-state index contributed by atoms with van der Waals surface area (Å²) in [5.74, 6) is -0.706. The number of hydrogen-bond acceptors (Lipinski definition) is 3. The number of halogens is 1. The molecule has 1 heterocycles. The molecule has 4 nitrogen and oxygen atoms in total. The zero-order valence-electron chi connectivity index (χ0n) is 14.7. The van der Waals surface area contributed by atoms with E-state index >= 15 is 0 Å². The van der Waals surface area contributed by atoms with E-state index in [9.17, 15) is 14.0 Å². The third-order valence-electron chi connectivity index (χ3n) is 4.27. The fourth-order valence-electron chi connectivity index (χ4n) is 2.93. The van der Waals surface area contributed by atoms with Crippen molar-refractivity contribution in [2.75, 3.05) is 11.1 Å². The first-order chi connectivity index (χ1) is 12.5. The van der Waals surface area contributed by atoms with Crippen LogP contribution in [0.15, 0.2) is 54.6 Å². The van der Waals surface area contributed by atoms with Crippen molar-refractivity contribution >= 4 is 29.3 Å². The molecule has 0 aromatic heterocycles. The van der Waals surface area contributed by atoms with Gasteiger partial charge in [0.05, 0.1) is 5.69 Å². The van der Waals surface area contributed by atoms with Crippen molar-refractivity contribution in [3.8, 4) is 0 Å². The van der Waals surface area contributed by atoms with Crippen LogP contribution in [0.2, 0.25) is 0 Å². The molecular weight excluding hydrogens is 351 g/mol. The van der Waals surface area contributed by atoms with Crippen molar-refractivity contribution in [1.82, 2.24) is 4.90 Å². The highest BCUT2D eigenvalue weighted by molar-refractivity contribution is 7.99. The number of amides is 2. The normalized spacial score (nSPS) is 19.6. The van der Waals surface area contributed by atoms with Crippen LogP contribution in [0.4, 0.5) is 10.1 Å². The van der Waals surface area contributed by atoms with Gasteiger partial charge < -0.3 is 10.2 Å². The van der Waals surface area contributed by atoms with Crippen molar-refractivity contribution in [2.24, 2.45) is 5.92 Å². The first kappa shape index (κ1) is 18.5. The third-order valence-corrected chi connectivity index (χ3v) is 5.59. The molecule has 2 aromatic rings. The molecule has 1 N–H and O–H groups in total. The van der Waals surface area contributed by atoms with Crippen molar-refractivity contribution < 1.29 is 14.0 Å². The predicted octanol–water partition coefficient (Wildman–Crippen LogP) is 4.06. The maximum absolute atomic E-state index is 13.9. The molecule has 1 saturated heterocycles. The number of nitrogens with one attached hydrogen (secondary N) is 1. The highest BCUT2D eigenvalue weighted by atomic mass is 32.2. The highest BCUT2D eigenvalue weighted by Crippen LogP contribution is 2.42. The van der Waals surface area contributed by atoms with Gasteiger partial charge in [0.15, 0.2) is 0 Å². The maximum Gasteiger partial charge on any atom is 0.248 e. The molecule has 3 rings (SSSR count). The minimum atomic E-state index is -0.639. The minimum absolute atomic E-state index is 0.0856. The summed E-state index contributed by atoms with van der Waals surface area (Å²) < 4.78 is 13.9. The van der Waals surface area contributed by atoms with Crippen molar-refractivity contribution in [2.45, 2.75) is 25.3 Å². The summed E-state index contributed by atoms with van der Waals surface area (Å²) in [6.45, 7) is 3.64. The van der Waals surface area contributed by atoms with Crippen LogP contribution in [-0.2, 0) is 9.59 Å². The number of carbonyl (C=O) groups excluding carboxylic acids is 2. The molecule has 2 aromatic carbocycles. The van der Waals surface area contributed by atoms with Gasteiger partial charge in [-0.15, -0.1) is 11.8 Å². The SMILES string of the molecule is CC(C)C(=O)N1C(C(=O)Nc2ccccc2F)CSC1c1ccccc1. The summed E-state index contributed by atoms with van der Waals surface area (Å²) >= 11 is 1.55. The topological polar surface area (TPSA) is 49.4 Å². The molecule has 6 heteroatoms. The molecule has 0 aliphatic carbocycles. The zero-order chi connectivity index (χ0) is 18.7. The second-order valence-electron chi connectivity index (χ2n) is 6.48. The average Bonchev–Trinajstić information content (AvgIpc) is 3.08. The van der Waals surface area contributed by atoms with Gasteiger partial charge in [-0.2, -0.15) is 0 Å². The van der Waals surface area contributed by atoms with Gasteiger partial charge in [0.1, 0.15) is 17.2 Å². The van der Waals surface area contributed by atoms with Crippen molar-refractivity contribution in [3.63, 3.8) is 0 Å². The molecule has 1 fully saturated rings. The van der Waals surface area contributed by atoms with Gasteiger partial charge in [-0.1, -0.05) is 56.3 Å². The molecule has 2 amide bonds. The maximum atomic E-state index is 13.9. The monoisotopic (exact) mass is 372 g/mol. The lowest BCUT2D eigenvalue weighted by molar-refractivity contribution is -0.140. The number of thioether (sulfide) groups is 1. The van der Waals surface area contributed by atoms with E-state index in [0.717, 1.165) is 5.56 Å². The number of nitrogens with zero attached hydrogens (tertiary/aromatic N) is 1. The first-order valence-electron chi connectivity index (χ1n) is 8.53. The fraction of sp³-hybridized carbons (Fsp3) is 0.300. The van der Waals surface area contributed by atoms with Crippen LogP contribution in [-0.4, -0.2) is 28.5 Å². The molecule has 26 heavy (non-hydrogen) atoms. The summed E-state index contributed by atoms with van der Waals surface area (Å²) in [4.78, 5) is 27.3. The van der Waals surface area contributed by atoms with E-state index in [4.69, 9.17) is 0 Å². The molecule has 0 radical (unpaired) electrons. The lowest BCUT2D eigenvalue weighted by Gasteiger charge is -2.30. The first-order valence-corrected chi connectivity index (χ1v) is 9.58. The van der Waals surface area contributed by atoms with Crippen LogP contribution in [0.3, 0.4) is 0 Å². The molecule has 2 atom stereocenters. The van der Waals surface area contributed by atoms with Crippen LogP contribution in [0.5, 0.6) is 0 Å². The van der Waals surface area contributed by atoms with Crippen LogP contribution >= 0.6 is 11.8 Å². The van der Waals surface area contributed by atoms with E-state index in [1.807, 2.05) is 44.2 Å². The average molecular weight is 372 g/mol. The Balaban J connectivity index is 1.87. The largest absolute Gasteiger partial charge is 0.322 e. The molecule has 2 unspecified atom stereocenters. The molecule has 1 aliphatic rings. The number of carbonyl (C=O) groups is 2. The molecular formula is C20H21FN2O2S. The van der Waals surface area contributed by atoms with Gasteiger partial charge in [0.25, 0.3) is 0 Å². The molecule has 0 spiro atoms. The summed E-state index contributed by atoms with van der Waals surface area (Å²) in [6, 6.07) is 15.1. The van der Waals surface area contributed by atoms with E-state index in [1.165, 1.54) is 12.1 Å². The minimum Gasteiger partial charge on any atom is -0.322 e. The van der Waals surface area contributed by atoms with Crippen LogP contribution < -0.4 is 5.32 Å². The Kier molecular flexibility index (Phi) is 5.61. The number of hydrogen-bond donors (Lipinski definition) is 1. The van der Waals surface area contributed by atoms with E-state index in [2.05, 4.69) is 5.32 Å². The van der Waals surface area contributed by atoms with Crippen LogP contribution in [0.25, 0.3) is 0 Å². The highest BCUT2D eigenvalue weighted by Gasteiger charge is 2.42. The lowest BCUT2D eigenvalue weighted by Crippen LogP contribution is -2.47. The van der Waals surface area contributed by atoms with Crippen molar-refractivity contribution in [3.05, 3.63) is 66.0 Å². The van der Waals surface area contributed by atoms with Gasteiger partial charge >= 0.3 is 0 Å². The molecule has 0 bridgehead atoms. The summed E-state index contributed by atoms with van der Waals surface area (Å²) in [7, 11) is 0. The van der Waals surface area contributed by atoms with E-state index in [0.29, 0.717) is 5.75 Å². The van der Waals surface area contributed by atoms with Gasteiger partial charge in [-0.05, 0) is 17.7 Å². The van der Waals surface area contributed by atoms with E-state index in [-0.39, 0.29) is 28.8 Å².